The minimum absolute atomic E-state index is 0.0819. The first kappa shape index (κ1) is 23.6. The van der Waals surface area contributed by atoms with E-state index in [0.717, 1.165) is 80.0 Å². The summed E-state index contributed by atoms with van der Waals surface area (Å²) in [6.45, 7) is 6.17. The van der Waals surface area contributed by atoms with E-state index in [1.807, 2.05) is 12.1 Å². The van der Waals surface area contributed by atoms with Gasteiger partial charge in [0, 0.05) is 24.2 Å². The number of aryl methyl sites for hydroxylation is 2. The highest BCUT2D eigenvalue weighted by molar-refractivity contribution is 5.84. The highest BCUT2D eigenvalue weighted by atomic mass is 16.5. The Morgan fingerprint density at radius 1 is 1.09 bits per heavy atom. The molecule has 2 aliphatic rings. The Morgan fingerprint density at radius 3 is 2.57 bits per heavy atom. The summed E-state index contributed by atoms with van der Waals surface area (Å²) in [4.78, 5) is 13.5. The normalized spacial score (nSPS) is 18.2. The van der Waals surface area contributed by atoms with E-state index < -0.39 is 0 Å². The molecule has 3 aromatic rings. The van der Waals surface area contributed by atoms with Crippen LogP contribution in [0.3, 0.4) is 0 Å². The lowest BCUT2D eigenvalue weighted by Crippen LogP contribution is -2.47. The lowest BCUT2D eigenvalue weighted by Gasteiger charge is -2.29. The number of piperidine rings is 1. The summed E-state index contributed by atoms with van der Waals surface area (Å²) >= 11 is 0. The molecule has 1 N–H and O–H groups in total. The number of methoxy groups -OCH3 is 1. The SMILES string of the molecule is CCc1cc(C)ccc1-n1nc2c(c1-c1ccc(OC)cc1)CCCC2C(=O)NN1CCCCC1. The molecule has 1 atom stereocenters. The quantitative estimate of drug-likeness (QED) is 0.525. The largest absolute Gasteiger partial charge is 0.497 e. The van der Waals surface area contributed by atoms with Crippen molar-refractivity contribution in [3.05, 3.63) is 64.8 Å². The van der Waals surface area contributed by atoms with Crippen molar-refractivity contribution in [2.75, 3.05) is 20.2 Å². The first-order valence-electron chi connectivity index (χ1n) is 13.0. The second-order valence-corrected chi connectivity index (χ2v) is 9.81. The van der Waals surface area contributed by atoms with Crippen LogP contribution in [0, 0.1) is 6.92 Å². The molecule has 0 radical (unpaired) electrons. The molecule has 1 aromatic heterocycles. The molecule has 2 aromatic carbocycles. The van der Waals surface area contributed by atoms with E-state index in [1.54, 1.807) is 7.11 Å². The van der Waals surface area contributed by atoms with Crippen LogP contribution >= 0.6 is 0 Å². The maximum atomic E-state index is 13.5. The number of fused-ring (bicyclic) bond motifs is 1. The van der Waals surface area contributed by atoms with Crippen LogP contribution in [0.4, 0.5) is 0 Å². The van der Waals surface area contributed by atoms with Gasteiger partial charge < -0.3 is 4.74 Å². The van der Waals surface area contributed by atoms with Crippen molar-refractivity contribution in [2.45, 2.75) is 64.7 Å². The van der Waals surface area contributed by atoms with Crippen molar-refractivity contribution in [1.29, 1.82) is 0 Å². The fourth-order valence-corrected chi connectivity index (χ4v) is 5.53. The van der Waals surface area contributed by atoms with Crippen LogP contribution in [0.15, 0.2) is 42.5 Å². The number of hydrogen-bond acceptors (Lipinski definition) is 4. The first-order chi connectivity index (χ1) is 17.1. The molecule has 1 saturated heterocycles. The number of carbonyl (C=O) groups is 1. The number of carbonyl (C=O) groups excluding carboxylic acids is 1. The molecule has 1 aliphatic carbocycles. The Morgan fingerprint density at radius 2 is 1.86 bits per heavy atom. The van der Waals surface area contributed by atoms with E-state index in [0.29, 0.717) is 0 Å². The molecule has 6 heteroatoms. The van der Waals surface area contributed by atoms with Crippen molar-refractivity contribution in [3.63, 3.8) is 0 Å². The van der Waals surface area contributed by atoms with Crippen LogP contribution in [0.2, 0.25) is 0 Å². The van der Waals surface area contributed by atoms with E-state index >= 15 is 0 Å². The van der Waals surface area contributed by atoms with Gasteiger partial charge in [-0.25, -0.2) is 9.69 Å². The summed E-state index contributed by atoms with van der Waals surface area (Å²) in [7, 11) is 1.69. The Balaban J connectivity index is 1.61. The number of hydrazine groups is 1. The average Bonchev–Trinajstić information content (AvgIpc) is 3.28. The smallest absolute Gasteiger partial charge is 0.243 e. The minimum atomic E-state index is -0.227. The standard InChI is InChI=1S/C29H36N4O2/c1-4-21-19-20(2)11-16-26(21)33-28(22-12-14-23(35-3)15-13-22)24-9-8-10-25(27(24)30-33)29(34)31-32-17-6-5-7-18-32/h11-16,19,25H,4-10,17-18H2,1-3H3,(H,31,34). The molecule has 184 valence electrons. The van der Waals surface area contributed by atoms with Gasteiger partial charge in [0.05, 0.1) is 30.1 Å². The summed E-state index contributed by atoms with van der Waals surface area (Å²) in [5, 5.41) is 7.27. The van der Waals surface area contributed by atoms with Gasteiger partial charge >= 0.3 is 0 Å². The Kier molecular flexibility index (Phi) is 6.91. The number of nitrogens with one attached hydrogen (secondary N) is 1. The van der Waals surface area contributed by atoms with E-state index in [1.165, 1.54) is 23.1 Å². The van der Waals surface area contributed by atoms with Crippen molar-refractivity contribution in [1.82, 2.24) is 20.2 Å². The van der Waals surface area contributed by atoms with Crippen molar-refractivity contribution >= 4 is 5.91 Å². The number of rotatable bonds is 6. The summed E-state index contributed by atoms with van der Waals surface area (Å²) in [6.07, 6.45) is 7.18. The van der Waals surface area contributed by atoms with Gasteiger partial charge in [-0.1, -0.05) is 31.0 Å². The summed E-state index contributed by atoms with van der Waals surface area (Å²) in [5.41, 5.74) is 11.1. The second kappa shape index (κ2) is 10.2. The molecular formula is C29H36N4O2. The van der Waals surface area contributed by atoms with Crippen molar-refractivity contribution in [3.8, 4) is 22.7 Å². The minimum Gasteiger partial charge on any atom is -0.497 e. The van der Waals surface area contributed by atoms with Crippen LogP contribution in [0.5, 0.6) is 5.75 Å². The number of nitrogens with zero attached hydrogens (tertiary/aromatic N) is 3. The van der Waals surface area contributed by atoms with Crippen molar-refractivity contribution in [2.24, 2.45) is 0 Å². The molecule has 0 bridgehead atoms. The van der Waals surface area contributed by atoms with E-state index in [2.05, 4.69) is 59.3 Å². The molecule has 35 heavy (non-hydrogen) atoms. The van der Waals surface area contributed by atoms with Gasteiger partial charge in [-0.2, -0.15) is 5.10 Å². The molecule has 0 spiro atoms. The average molecular weight is 473 g/mol. The Labute approximate surface area is 208 Å². The molecule has 5 rings (SSSR count). The van der Waals surface area contributed by atoms with E-state index in [4.69, 9.17) is 9.84 Å². The summed E-state index contributed by atoms with van der Waals surface area (Å²) < 4.78 is 7.50. The molecular weight excluding hydrogens is 436 g/mol. The van der Waals surface area contributed by atoms with Crippen LogP contribution in [-0.2, 0) is 17.6 Å². The number of hydrogen-bond donors (Lipinski definition) is 1. The molecule has 0 saturated carbocycles. The second-order valence-electron chi connectivity index (χ2n) is 9.81. The zero-order chi connectivity index (χ0) is 24.4. The summed E-state index contributed by atoms with van der Waals surface area (Å²) in [6, 6.07) is 14.8. The maximum absolute atomic E-state index is 13.5. The van der Waals surface area contributed by atoms with Gasteiger partial charge in [0.25, 0.3) is 0 Å². The van der Waals surface area contributed by atoms with Gasteiger partial charge in [0.2, 0.25) is 5.91 Å². The molecule has 1 fully saturated rings. The van der Waals surface area contributed by atoms with Crippen molar-refractivity contribution < 1.29 is 9.53 Å². The highest BCUT2D eigenvalue weighted by Gasteiger charge is 2.34. The highest BCUT2D eigenvalue weighted by Crippen LogP contribution is 2.40. The monoisotopic (exact) mass is 472 g/mol. The van der Waals surface area contributed by atoms with Crippen LogP contribution in [-0.4, -0.2) is 40.9 Å². The van der Waals surface area contributed by atoms with Crippen LogP contribution < -0.4 is 10.2 Å². The molecule has 1 amide bonds. The van der Waals surface area contributed by atoms with E-state index in [9.17, 15) is 4.79 Å². The molecule has 2 heterocycles. The predicted octanol–water partition coefficient (Wildman–Crippen LogP) is 5.36. The van der Waals surface area contributed by atoms with Gasteiger partial charge in [0.15, 0.2) is 0 Å². The van der Waals surface area contributed by atoms with Crippen LogP contribution in [0.25, 0.3) is 16.9 Å². The molecule has 1 aliphatic heterocycles. The van der Waals surface area contributed by atoms with Crippen LogP contribution in [0.1, 0.15) is 67.3 Å². The molecule has 6 nitrogen and oxygen atoms in total. The first-order valence-corrected chi connectivity index (χ1v) is 13.0. The van der Waals surface area contributed by atoms with Gasteiger partial charge in [-0.15, -0.1) is 0 Å². The number of ether oxygens (including phenoxy) is 1. The third kappa shape index (κ3) is 4.72. The van der Waals surface area contributed by atoms with Gasteiger partial charge in [-0.05, 0) is 81.3 Å². The third-order valence-electron chi connectivity index (χ3n) is 7.41. The third-order valence-corrected chi connectivity index (χ3v) is 7.41. The fraction of sp³-hybridized carbons (Fsp3) is 0.448. The van der Waals surface area contributed by atoms with Gasteiger partial charge in [0.1, 0.15) is 5.75 Å². The number of aromatic nitrogens is 2. The van der Waals surface area contributed by atoms with E-state index in [-0.39, 0.29) is 11.8 Å². The fourth-order valence-electron chi connectivity index (χ4n) is 5.53. The topological polar surface area (TPSA) is 59.4 Å². The maximum Gasteiger partial charge on any atom is 0.243 e. The zero-order valence-electron chi connectivity index (χ0n) is 21.1. The van der Waals surface area contributed by atoms with Gasteiger partial charge in [-0.3, -0.25) is 10.2 Å². The summed E-state index contributed by atoms with van der Waals surface area (Å²) in [5.74, 6) is 0.685. The predicted molar refractivity (Wildman–Crippen MR) is 139 cm³/mol. The Hall–Kier alpha value is -3.12. The Bertz CT molecular complexity index is 1190. The number of benzene rings is 2. The lowest BCUT2D eigenvalue weighted by atomic mass is 9.85. The lowest BCUT2D eigenvalue weighted by molar-refractivity contribution is -0.128. The molecule has 1 unspecified atom stereocenters. The zero-order valence-corrected chi connectivity index (χ0v) is 21.1. The number of amides is 1.